The largest absolute Gasteiger partial charge is 0.357 e. The molecule has 5 nitrogen and oxygen atoms in total. The first-order valence-electron chi connectivity index (χ1n) is 10.4. The molecule has 0 saturated carbocycles. The molecule has 0 aromatic heterocycles. The lowest BCUT2D eigenvalue weighted by Crippen LogP contribution is -2.46. The molecule has 160 valence electrons. The summed E-state index contributed by atoms with van der Waals surface area (Å²) in [6.45, 7) is 13.9. The number of unbranched alkanes of at least 4 members (excludes halogenated alkanes) is 1. The van der Waals surface area contributed by atoms with Crippen LogP contribution in [0.1, 0.15) is 32.3 Å². The van der Waals surface area contributed by atoms with Crippen molar-refractivity contribution in [3.63, 3.8) is 0 Å². The standard InChI is InChI=1S/C21H36FN5.HI/c1-3-23-21(25-12-10-19-8-7-9-20(22)18-19)24-11-5-6-13-27-16-14-26(4-2)15-17-27;/h7-9,18H,3-6,10-17H2,1-2H3,(H2,23,24,25);1H. The fourth-order valence-corrected chi connectivity index (χ4v) is 3.33. The smallest absolute Gasteiger partial charge is 0.191 e. The van der Waals surface area contributed by atoms with E-state index >= 15 is 0 Å². The van der Waals surface area contributed by atoms with Gasteiger partial charge in [0, 0.05) is 45.8 Å². The molecule has 0 bridgehead atoms. The lowest BCUT2D eigenvalue weighted by molar-refractivity contribution is 0.136. The molecule has 0 radical (unpaired) electrons. The maximum atomic E-state index is 13.2. The summed E-state index contributed by atoms with van der Waals surface area (Å²) in [6.07, 6.45) is 3.08. The highest BCUT2D eigenvalue weighted by Gasteiger charge is 2.14. The van der Waals surface area contributed by atoms with Gasteiger partial charge < -0.3 is 20.4 Å². The van der Waals surface area contributed by atoms with E-state index in [1.165, 1.54) is 51.8 Å². The predicted octanol–water partition coefficient (Wildman–Crippen LogP) is 2.96. The van der Waals surface area contributed by atoms with Crippen LogP contribution in [0.3, 0.4) is 0 Å². The number of rotatable bonds is 10. The summed E-state index contributed by atoms with van der Waals surface area (Å²) in [7, 11) is 0. The van der Waals surface area contributed by atoms with Gasteiger partial charge in [0.2, 0.25) is 0 Å². The van der Waals surface area contributed by atoms with Crippen molar-refractivity contribution < 1.29 is 4.39 Å². The summed E-state index contributed by atoms with van der Waals surface area (Å²) in [6, 6.07) is 6.78. The van der Waals surface area contributed by atoms with Crippen LogP contribution in [0.5, 0.6) is 0 Å². The Morgan fingerprint density at radius 2 is 1.82 bits per heavy atom. The Morgan fingerprint density at radius 3 is 2.50 bits per heavy atom. The highest BCUT2D eigenvalue weighted by atomic mass is 127. The minimum Gasteiger partial charge on any atom is -0.357 e. The second kappa shape index (κ2) is 15.0. The van der Waals surface area contributed by atoms with Crippen LogP contribution in [0.2, 0.25) is 0 Å². The molecule has 1 fully saturated rings. The number of nitrogens with zero attached hydrogens (tertiary/aromatic N) is 3. The Kier molecular flexibility index (Phi) is 13.4. The molecule has 2 rings (SSSR count). The van der Waals surface area contributed by atoms with Crippen LogP contribution >= 0.6 is 24.0 Å². The van der Waals surface area contributed by atoms with Gasteiger partial charge in [0.15, 0.2) is 5.96 Å². The van der Waals surface area contributed by atoms with Gasteiger partial charge in [-0.25, -0.2) is 4.39 Å². The Morgan fingerprint density at radius 1 is 1.07 bits per heavy atom. The molecule has 0 aliphatic carbocycles. The summed E-state index contributed by atoms with van der Waals surface area (Å²) in [4.78, 5) is 9.74. The molecule has 28 heavy (non-hydrogen) atoms. The van der Waals surface area contributed by atoms with Crippen molar-refractivity contribution in [3.8, 4) is 0 Å². The molecule has 0 unspecified atom stereocenters. The number of guanidine groups is 1. The van der Waals surface area contributed by atoms with Gasteiger partial charge >= 0.3 is 0 Å². The quantitative estimate of drug-likeness (QED) is 0.222. The van der Waals surface area contributed by atoms with Crippen LogP contribution in [0.4, 0.5) is 4.39 Å². The molecule has 1 aliphatic heterocycles. The number of halogens is 2. The van der Waals surface area contributed by atoms with E-state index in [0.717, 1.165) is 44.0 Å². The minimum absolute atomic E-state index is 0. The maximum Gasteiger partial charge on any atom is 0.191 e. The highest BCUT2D eigenvalue weighted by molar-refractivity contribution is 14.0. The lowest BCUT2D eigenvalue weighted by atomic mass is 10.1. The zero-order valence-corrected chi connectivity index (χ0v) is 19.8. The van der Waals surface area contributed by atoms with E-state index in [1.807, 2.05) is 6.07 Å². The molecule has 1 heterocycles. The fourth-order valence-electron chi connectivity index (χ4n) is 3.33. The van der Waals surface area contributed by atoms with E-state index in [4.69, 9.17) is 0 Å². The molecule has 0 atom stereocenters. The monoisotopic (exact) mass is 505 g/mol. The van der Waals surface area contributed by atoms with Gasteiger partial charge in [0.1, 0.15) is 5.82 Å². The molecular weight excluding hydrogens is 468 g/mol. The lowest BCUT2D eigenvalue weighted by Gasteiger charge is -2.33. The number of benzene rings is 1. The maximum absolute atomic E-state index is 13.2. The molecule has 1 saturated heterocycles. The van der Waals surface area contributed by atoms with Gasteiger partial charge in [0.25, 0.3) is 0 Å². The molecule has 0 amide bonds. The summed E-state index contributed by atoms with van der Waals surface area (Å²) in [5.41, 5.74) is 1.00. The molecule has 2 N–H and O–H groups in total. The molecule has 1 aliphatic rings. The van der Waals surface area contributed by atoms with Gasteiger partial charge in [0.05, 0.1) is 0 Å². The van der Waals surface area contributed by atoms with E-state index in [0.29, 0.717) is 0 Å². The van der Waals surface area contributed by atoms with Crippen LogP contribution < -0.4 is 10.6 Å². The topological polar surface area (TPSA) is 42.9 Å². The zero-order valence-electron chi connectivity index (χ0n) is 17.4. The molecule has 0 spiro atoms. The van der Waals surface area contributed by atoms with Crippen LogP contribution in [0.25, 0.3) is 0 Å². The third-order valence-corrected chi connectivity index (χ3v) is 5.00. The SMILES string of the molecule is CCNC(=NCCCCN1CCN(CC)CC1)NCCc1cccc(F)c1.I. The normalized spacial score (nSPS) is 15.9. The van der Waals surface area contributed by atoms with Gasteiger partial charge in [-0.05, 0) is 57.0 Å². The van der Waals surface area contributed by atoms with E-state index in [1.54, 1.807) is 12.1 Å². The predicted molar refractivity (Wildman–Crippen MR) is 127 cm³/mol. The number of hydrogen-bond acceptors (Lipinski definition) is 3. The average Bonchev–Trinajstić information content (AvgIpc) is 2.68. The molecule has 7 heteroatoms. The van der Waals surface area contributed by atoms with Crippen molar-refractivity contribution >= 4 is 29.9 Å². The van der Waals surface area contributed by atoms with Crippen molar-refractivity contribution in [1.82, 2.24) is 20.4 Å². The van der Waals surface area contributed by atoms with Crippen LogP contribution in [0.15, 0.2) is 29.3 Å². The first kappa shape index (κ1) is 25.1. The van der Waals surface area contributed by atoms with Gasteiger partial charge in [-0.1, -0.05) is 19.1 Å². The number of likely N-dealkylation sites (N-methyl/N-ethyl adjacent to an activating group) is 1. The van der Waals surface area contributed by atoms with E-state index in [-0.39, 0.29) is 29.8 Å². The molecule has 1 aromatic rings. The Labute approximate surface area is 187 Å². The van der Waals surface area contributed by atoms with Crippen molar-refractivity contribution in [2.24, 2.45) is 4.99 Å². The second-order valence-electron chi connectivity index (χ2n) is 7.05. The number of hydrogen-bond donors (Lipinski definition) is 2. The first-order valence-corrected chi connectivity index (χ1v) is 10.4. The third-order valence-electron chi connectivity index (χ3n) is 5.00. The van der Waals surface area contributed by atoms with Gasteiger partial charge in [-0.2, -0.15) is 0 Å². The fraction of sp³-hybridized carbons (Fsp3) is 0.667. The second-order valence-corrected chi connectivity index (χ2v) is 7.05. The van der Waals surface area contributed by atoms with E-state index in [9.17, 15) is 4.39 Å². The first-order chi connectivity index (χ1) is 13.2. The van der Waals surface area contributed by atoms with E-state index < -0.39 is 0 Å². The van der Waals surface area contributed by atoms with Gasteiger partial charge in [-0.15, -0.1) is 24.0 Å². The van der Waals surface area contributed by atoms with Crippen molar-refractivity contribution in [2.75, 3.05) is 58.9 Å². The number of nitrogens with one attached hydrogen (secondary N) is 2. The summed E-state index contributed by atoms with van der Waals surface area (Å²) >= 11 is 0. The Bertz CT molecular complexity index is 561. The minimum atomic E-state index is -0.177. The summed E-state index contributed by atoms with van der Waals surface area (Å²) < 4.78 is 13.2. The summed E-state index contributed by atoms with van der Waals surface area (Å²) in [5, 5.41) is 6.62. The van der Waals surface area contributed by atoms with E-state index in [2.05, 4.69) is 39.3 Å². The Balaban J connectivity index is 0.00000392. The van der Waals surface area contributed by atoms with Crippen LogP contribution in [0, 0.1) is 5.82 Å². The summed E-state index contributed by atoms with van der Waals surface area (Å²) in [5.74, 6) is 0.676. The zero-order chi connectivity index (χ0) is 19.3. The van der Waals surface area contributed by atoms with Gasteiger partial charge in [-0.3, -0.25) is 4.99 Å². The van der Waals surface area contributed by atoms with Crippen LogP contribution in [-0.2, 0) is 6.42 Å². The Hall–Kier alpha value is -0.930. The average molecular weight is 505 g/mol. The number of piperazine rings is 1. The molecule has 1 aromatic carbocycles. The molecular formula is C21H37FIN5. The third kappa shape index (κ3) is 10.0. The van der Waals surface area contributed by atoms with Crippen LogP contribution in [-0.4, -0.2) is 74.7 Å². The van der Waals surface area contributed by atoms with Crippen molar-refractivity contribution in [2.45, 2.75) is 33.1 Å². The highest BCUT2D eigenvalue weighted by Crippen LogP contribution is 2.04. The van der Waals surface area contributed by atoms with Crippen molar-refractivity contribution in [3.05, 3.63) is 35.6 Å². The van der Waals surface area contributed by atoms with Crippen molar-refractivity contribution in [1.29, 1.82) is 0 Å². The number of aliphatic imine (C=N–C) groups is 1.